The van der Waals surface area contributed by atoms with Gasteiger partial charge in [-0.25, -0.2) is 4.79 Å². The molecule has 0 saturated carbocycles. The van der Waals surface area contributed by atoms with Crippen molar-refractivity contribution < 1.29 is 4.79 Å². The van der Waals surface area contributed by atoms with E-state index in [2.05, 4.69) is 36.0 Å². The molecule has 8 heteroatoms. The van der Waals surface area contributed by atoms with Crippen molar-refractivity contribution in [2.24, 2.45) is 0 Å². The van der Waals surface area contributed by atoms with Crippen molar-refractivity contribution in [2.45, 2.75) is 6.54 Å². The summed E-state index contributed by atoms with van der Waals surface area (Å²) in [6, 6.07) is 23.0. The first-order valence-corrected chi connectivity index (χ1v) is 9.80. The number of aromatic nitrogens is 5. The van der Waals surface area contributed by atoms with E-state index in [1.54, 1.807) is 6.33 Å². The SMILES string of the molecule is O=C(NCc1ccccc1)Nc1cccc(-c2n[nH]c3ccc(-c4nnc[nH]4)cc23)c1. The van der Waals surface area contributed by atoms with Gasteiger partial charge in [0.25, 0.3) is 0 Å². The fourth-order valence-electron chi connectivity index (χ4n) is 3.43. The van der Waals surface area contributed by atoms with Crippen molar-refractivity contribution in [2.75, 3.05) is 5.32 Å². The van der Waals surface area contributed by atoms with Crippen LogP contribution in [-0.2, 0) is 6.54 Å². The lowest BCUT2D eigenvalue weighted by molar-refractivity contribution is 0.251. The quantitative estimate of drug-likeness (QED) is 0.346. The van der Waals surface area contributed by atoms with E-state index in [4.69, 9.17) is 0 Å². The Labute approximate surface area is 177 Å². The van der Waals surface area contributed by atoms with Crippen LogP contribution in [0.2, 0.25) is 0 Å². The molecule has 0 aliphatic rings. The third-order valence-electron chi connectivity index (χ3n) is 4.94. The molecular formula is C23H19N7O. The van der Waals surface area contributed by atoms with E-state index >= 15 is 0 Å². The number of amides is 2. The molecule has 0 bridgehead atoms. The number of hydrogen-bond acceptors (Lipinski definition) is 4. The first kappa shape index (κ1) is 18.6. The molecule has 8 nitrogen and oxygen atoms in total. The van der Waals surface area contributed by atoms with Crippen LogP contribution >= 0.6 is 0 Å². The zero-order valence-electron chi connectivity index (χ0n) is 16.5. The Hall–Kier alpha value is -4.46. The van der Waals surface area contributed by atoms with Gasteiger partial charge in [-0.05, 0) is 35.9 Å². The second-order valence-electron chi connectivity index (χ2n) is 7.04. The summed E-state index contributed by atoms with van der Waals surface area (Å²) in [7, 11) is 0. The van der Waals surface area contributed by atoms with Crippen LogP contribution in [-0.4, -0.2) is 31.4 Å². The largest absolute Gasteiger partial charge is 0.334 e. The van der Waals surface area contributed by atoms with Crippen LogP contribution in [0.5, 0.6) is 0 Å². The van der Waals surface area contributed by atoms with Crippen LogP contribution < -0.4 is 10.6 Å². The van der Waals surface area contributed by atoms with Gasteiger partial charge in [0.15, 0.2) is 5.82 Å². The van der Waals surface area contributed by atoms with Crippen molar-refractivity contribution in [3.05, 3.63) is 84.7 Å². The van der Waals surface area contributed by atoms with Gasteiger partial charge in [0, 0.05) is 28.7 Å². The molecule has 5 aromatic rings. The molecule has 152 valence electrons. The van der Waals surface area contributed by atoms with Gasteiger partial charge in [-0.1, -0.05) is 42.5 Å². The number of carbonyl (C=O) groups excluding carboxylic acids is 1. The van der Waals surface area contributed by atoms with E-state index in [1.807, 2.05) is 72.8 Å². The van der Waals surface area contributed by atoms with E-state index in [0.29, 0.717) is 18.1 Å². The maximum atomic E-state index is 12.3. The number of nitrogens with one attached hydrogen (secondary N) is 4. The molecule has 0 unspecified atom stereocenters. The van der Waals surface area contributed by atoms with Crippen LogP contribution in [0.3, 0.4) is 0 Å². The molecule has 0 saturated heterocycles. The summed E-state index contributed by atoms with van der Waals surface area (Å²) in [6.07, 6.45) is 1.55. The Morgan fingerprint density at radius 2 is 1.84 bits per heavy atom. The fourth-order valence-corrected chi connectivity index (χ4v) is 3.43. The Morgan fingerprint density at radius 3 is 2.68 bits per heavy atom. The van der Waals surface area contributed by atoms with Crippen LogP contribution in [0.4, 0.5) is 10.5 Å². The monoisotopic (exact) mass is 409 g/mol. The summed E-state index contributed by atoms with van der Waals surface area (Å²) in [5, 5.41) is 22.2. The highest BCUT2D eigenvalue weighted by molar-refractivity contribution is 5.96. The molecule has 0 fully saturated rings. The standard InChI is InChI=1S/C23H19N7O/c31-23(24-13-15-5-2-1-3-6-15)27-18-8-4-7-16(11-18)21-19-12-17(22-25-14-26-30-22)9-10-20(19)28-29-21/h1-12,14H,13H2,(H,28,29)(H2,24,27,31)(H,25,26,30). The summed E-state index contributed by atoms with van der Waals surface area (Å²) in [5.74, 6) is 0.694. The van der Waals surface area contributed by atoms with E-state index in [-0.39, 0.29) is 6.03 Å². The van der Waals surface area contributed by atoms with Gasteiger partial charge in [-0.2, -0.15) is 5.10 Å². The van der Waals surface area contributed by atoms with Crippen molar-refractivity contribution in [3.63, 3.8) is 0 Å². The lowest BCUT2D eigenvalue weighted by Gasteiger charge is -2.09. The minimum absolute atomic E-state index is 0.263. The molecule has 31 heavy (non-hydrogen) atoms. The molecule has 2 heterocycles. The van der Waals surface area contributed by atoms with Crippen LogP contribution in [0, 0.1) is 0 Å². The molecule has 0 spiro atoms. The zero-order chi connectivity index (χ0) is 21.0. The number of anilines is 1. The lowest BCUT2D eigenvalue weighted by Crippen LogP contribution is -2.28. The Morgan fingerprint density at radius 1 is 0.935 bits per heavy atom. The Bertz CT molecular complexity index is 1330. The lowest BCUT2D eigenvalue weighted by atomic mass is 10.0. The van der Waals surface area contributed by atoms with Gasteiger partial charge in [-0.3, -0.25) is 5.10 Å². The smallest absolute Gasteiger partial charge is 0.319 e. The predicted molar refractivity (Wildman–Crippen MR) is 119 cm³/mol. The highest BCUT2D eigenvalue weighted by atomic mass is 16.2. The van der Waals surface area contributed by atoms with E-state index in [1.165, 1.54) is 0 Å². The predicted octanol–water partition coefficient (Wildman–Crippen LogP) is 4.34. The number of benzene rings is 3. The third-order valence-corrected chi connectivity index (χ3v) is 4.94. The van der Waals surface area contributed by atoms with E-state index in [9.17, 15) is 4.79 Å². The normalized spacial score (nSPS) is 10.8. The first-order chi connectivity index (χ1) is 15.3. The van der Waals surface area contributed by atoms with Gasteiger partial charge in [0.1, 0.15) is 6.33 Å². The molecule has 2 aromatic heterocycles. The van der Waals surface area contributed by atoms with Crippen molar-refractivity contribution >= 4 is 22.6 Å². The summed E-state index contributed by atoms with van der Waals surface area (Å²) in [5.41, 5.74) is 5.24. The molecule has 3 aromatic carbocycles. The highest BCUT2D eigenvalue weighted by Crippen LogP contribution is 2.30. The van der Waals surface area contributed by atoms with Crippen molar-refractivity contribution in [1.29, 1.82) is 0 Å². The summed E-state index contributed by atoms with van der Waals surface area (Å²) >= 11 is 0. The van der Waals surface area contributed by atoms with Gasteiger partial charge < -0.3 is 15.6 Å². The maximum Gasteiger partial charge on any atom is 0.319 e. The summed E-state index contributed by atoms with van der Waals surface area (Å²) < 4.78 is 0. The highest BCUT2D eigenvalue weighted by Gasteiger charge is 2.12. The molecule has 2 amide bonds. The molecule has 0 radical (unpaired) electrons. The zero-order valence-corrected chi connectivity index (χ0v) is 16.5. The van der Waals surface area contributed by atoms with Gasteiger partial charge in [0.05, 0.1) is 11.2 Å². The second-order valence-corrected chi connectivity index (χ2v) is 7.04. The van der Waals surface area contributed by atoms with E-state index in [0.717, 1.165) is 33.3 Å². The van der Waals surface area contributed by atoms with Crippen LogP contribution in [0.15, 0.2) is 79.1 Å². The number of urea groups is 1. The first-order valence-electron chi connectivity index (χ1n) is 9.80. The number of nitrogens with zero attached hydrogens (tertiary/aromatic N) is 3. The topological polar surface area (TPSA) is 111 Å². The molecule has 0 atom stereocenters. The second kappa shape index (κ2) is 8.11. The average molecular weight is 409 g/mol. The molecule has 0 aliphatic carbocycles. The number of carbonyl (C=O) groups is 1. The van der Waals surface area contributed by atoms with Crippen LogP contribution in [0.1, 0.15) is 5.56 Å². The Balaban J connectivity index is 1.37. The van der Waals surface area contributed by atoms with Gasteiger partial charge in [-0.15, -0.1) is 10.2 Å². The fraction of sp³-hybridized carbons (Fsp3) is 0.0435. The molecule has 4 N–H and O–H groups in total. The average Bonchev–Trinajstić information content (AvgIpc) is 3.48. The number of H-pyrrole nitrogens is 2. The molecule has 0 aliphatic heterocycles. The minimum atomic E-state index is -0.263. The number of hydrogen-bond donors (Lipinski definition) is 4. The van der Waals surface area contributed by atoms with E-state index < -0.39 is 0 Å². The van der Waals surface area contributed by atoms with Crippen molar-refractivity contribution in [1.82, 2.24) is 30.7 Å². The number of rotatable bonds is 5. The summed E-state index contributed by atoms with van der Waals surface area (Å²) in [6.45, 7) is 0.459. The minimum Gasteiger partial charge on any atom is -0.334 e. The molecular weight excluding hydrogens is 390 g/mol. The van der Waals surface area contributed by atoms with Crippen molar-refractivity contribution in [3.8, 4) is 22.6 Å². The summed E-state index contributed by atoms with van der Waals surface area (Å²) in [4.78, 5) is 15.3. The van der Waals surface area contributed by atoms with Gasteiger partial charge >= 0.3 is 6.03 Å². The Kier molecular flexibility index (Phi) is 4.86. The van der Waals surface area contributed by atoms with Crippen LogP contribution in [0.25, 0.3) is 33.5 Å². The third kappa shape index (κ3) is 3.99. The van der Waals surface area contributed by atoms with Gasteiger partial charge in [0.2, 0.25) is 0 Å². The maximum absolute atomic E-state index is 12.3. The number of fused-ring (bicyclic) bond motifs is 1. The molecule has 5 rings (SSSR count). The number of aromatic amines is 2.